The fraction of sp³-hybridized carbons (Fsp3) is 0.375. The Labute approximate surface area is 191 Å². The van der Waals surface area contributed by atoms with Crippen molar-refractivity contribution in [2.75, 3.05) is 18.6 Å². The molecule has 1 amide bonds. The summed E-state index contributed by atoms with van der Waals surface area (Å²) in [6, 6.07) is 12.4. The number of anilines is 1. The van der Waals surface area contributed by atoms with E-state index < -0.39 is 17.6 Å². The monoisotopic (exact) mass is 486 g/mol. The largest absolute Gasteiger partial charge is 0.497 e. The van der Waals surface area contributed by atoms with Gasteiger partial charge in [-0.25, -0.2) is 0 Å². The number of methoxy groups -OCH3 is 1. The van der Waals surface area contributed by atoms with Crippen LogP contribution in [0.4, 0.5) is 5.69 Å². The van der Waals surface area contributed by atoms with Gasteiger partial charge in [0.15, 0.2) is 0 Å². The first-order valence-corrected chi connectivity index (χ1v) is 11.0. The Kier molecular flexibility index (Phi) is 6.84. The summed E-state index contributed by atoms with van der Waals surface area (Å²) >= 11 is 3.53. The number of fused-ring (bicyclic) bond motifs is 1. The summed E-state index contributed by atoms with van der Waals surface area (Å²) in [4.78, 5) is 32.4. The van der Waals surface area contributed by atoms with Crippen LogP contribution in [0.3, 0.4) is 0 Å². The smallest absolute Gasteiger partial charge is 0.309 e. The number of carbonyl (C=O) groups is 2. The zero-order chi connectivity index (χ0) is 22.8. The summed E-state index contributed by atoms with van der Waals surface area (Å²) in [5, 5.41) is 0. The van der Waals surface area contributed by atoms with E-state index >= 15 is 0 Å². The number of esters is 1. The number of carbonyl (C=O) groups excluding carboxylic acids is 2. The number of hydrogen-bond donors (Lipinski definition) is 0. The molecule has 1 atom stereocenters. The van der Waals surface area contributed by atoms with Crippen molar-refractivity contribution < 1.29 is 19.1 Å². The fourth-order valence-electron chi connectivity index (χ4n) is 3.49. The normalized spacial score (nSPS) is 16.3. The van der Waals surface area contributed by atoms with Gasteiger partial charge in [-0.05, 0) is 70.2 Å². The third-order valence-electron chi connectivity index (χ3n) is 4.80. The molecule has 2 aromatic carbocycles. The van der Waals surface area contributed by atoms with Crippen LogP contribution < -0.4 is 9.64 Å². The predicted octanol–water partition coefficient (Wildman–Crippen LogP) is 4.76. The van der Waals surface area contributed by atoms with E-state index in [0.717, 1.165) is 27.0 Å². The third kappa shape index (κ3) is 5.34. The average molecular weight is 487 g/mol. The number of halogens is 1. The molecule has 1 aliphatic rings. The highest BCUT2D eigenvalue weighted by molar-refractivity contribution is 9.10. The van der Waals surface area contributed by atoms with Gasteiger partial charge in [-0.2, -0.15) is 0 Å². The van der Waals surface area contributed by atoms with Gasteiger partial charge in [-0.3, -0.25) is 14.6 Å². The minimum Gasteiger partial charge on any atom is -0.497 e. The lowest BCUT2D eigenvalue weighted by Gasteiger charge is -2.24. The number of benzodiazepines with no additional fused rings is 1. The number of nitrogens with zero attached hydrogens (tertiary/aromatic N) is 2. The van der Waals surface area contributed by atoms with E-state index in [0.29, 0.717) is 12.3 Å². The molecule has 0 spiro atoms. The van der Waals surface area contributed by atoms with E-state index in [2.05, 4.69) is 15.9 Å². The molecule has 0 unspecified atom stereocenters. The lowest BCUT2D eigenvalue weighted by Crippen LogP contribution is -2.39. The van der Waals surface area contributed by atoms with Gasteiger partial charge in [-0.15, -0.1) is 0 Å². The molecular formula is C24H27BrN2O4. The van der Waals surface area contributed by atoms with Gasteiger partial charge < -0.3 is 14.4 Å². The summed E-state index contributed by atoms with van der Waals surface area (Å²) < 4.78 is 11.6. The van der Waals surface area contributed by atoms with E-state index in [1.165, 1.54) is 0 Å². The lowest BCUT2D eigenvalue weighted by atomic mass is 10.00. The molecule has 1 aliphatic heterocycles. The van der Waals surface area contributed by atoms with Gasteiger partial charge in [0.25, 0.3) is 5.91 Å². The first kappa shape index (κ1) is 23.0. The van der Waals surface area contributed by atoms with Gasteiger partial charge in [0.2, 0.25) is 0 Å². The number of likely N-dealkylation sites (N-methyl/N-ethyl adjacent to an activating group) is 1. The quantitative estimate of drug-likeness (QED) is 0.571. The van der Waals surface area contributed by atoms with Crippen LogP contribution >= 0.6 is 15.9 Å². The molecule has 1 heterocycles. The van der Waals surface area contributed by atoms with E-state index in [1.807, 2.05) is 49.4 Å². The molecule has 0 aromatic heterocycles. The van der Waals surface area contributed by atoms with Crippen LogP contribution in [0, 0.1) is 0 Å². The van der Waals surface area contributed by atoms with E-state index in [1.54, 1.807) is 32.8 Å². The van der Waals surface area contributed by atoms with Crippen LogP contribution in [0.2, 0.25) is 0 Å². The van der Waals surface area contributed by atoms with Crippen molar-refractivity contribution in [1.29, 1.82) is 0 Å². The minimum atomic E-state index is -0.877. The zero-order valence-corrected chi connectivity index (χ0v) is 20.0. The first-order valence-electron chi connectivity index (χ1n) is 10.2. The van der Waals surface area contributed by atoms with Gasteiger partial charge >= 0.3 is 5.97 Å². The molecule has 164 valence electrons. The van der Waals surface area contributed by atoms with Crippen molar-refractivity contribution in [1.82, 2.24) is 0 Å². The fourth-order valence-corrected chi connectivity index (χ4v) is 3.85. The first-order chi connectivity index (χ1) is 14.6. The molecule has 0 fully saturated rings. The van der Waals surface area contributed by atoms with Crippen LogP contribution in [-0.2, 0) is 14.3 Å². The average Bonchev–Trinajstić information content (AvgIpc) is 2.81. The molecule has 0 aliphatic carbocycles. The van der Waals surface area contributed by atoms with E-state index in [-0.39, 0.29) is 12.3 Å². The molecule has 6 nitrogen and oxygen atoms in total. The van der Waals surface area contributed by atoms with Crippen molar-refractivity contribution in [2.45, 2.75) is 45.8 Å². The van der Waals surface area contributed by atoms with Crippen molar-refractivity contribution >= 4 is 39.2 Å². The van der Waals surface area contributed by atoms with Crippen LogP contribution in [0.25, 0.3) is 0 Å². The second kappa shape index (κ2) is 9.22. The summed E-state index contributed by atoms with van der Waals surface area (Å²) in [6.07, 6.45) is -0.124. The van der Waals surface area contributed by atoms with Crippen LogP contribution in [-0.4, -0.2) is 42.9 Å². The Morgan fingerprint density at radius 3 is 2.42 bits per heavy atom. The standard InChI is InChI=1S/C24H27BrN2O4/c1-6-27-20-12-9-16(25)13-18(20)22(15-7-10-17(30-5)11-8-15)26-19(23(27)29)14-21(28)31-24(2,3)4/h7-13,19H,6,14H2,1-5H3/t19-/m0/s1. The number of ether oxygens (including phenoxy) is 2. The molecule has 0 radical (unpaired) electrons. The Bertz CT molecular complexity index is 1010. The highest BCUT2D eigenvalue weighted by Crippen LogP contribution is 2.32. The SMILES string of the molecule is CCN1C(=O)[C@H](CC(=O)OC(C)(C)C)N=C(c2ccc(OC)cc2)c2cc(Br)ccc21. The van der Waals surface area contributed by atoms with Crippen molar-refractivity contribution in [3.05, 3.63) is 58.1 Å². The van der Waals surface area contributed by atoms with Crippen LogP contribution in [0.5, 0.6) is 5.75 Å². The Morgan fingerprint density at radius 2 is 1.84 bits per heavy atom. The molecule has 2 aromatic rings. The Balaban J connectivity index is 2.13. The predicted molar refractivity (Wildman–Crippen MR) is 125 cm³/mol. The number of rotatable bonds is 5. The van der Waals surface area contributed by atoms with E-state index in [4.69, 9.17) is 14.5 Å². The van der Waals surface area contributed by atoms with E-state index in [9.17, 15) is 9.59 Å². The number of benzene rings is 2. The van der Waals surface area contributed by atoms with Crippen LogP contribution in [0.15, 0.2) is 51.9 Å². The van der Waals surface area contributed by atoms with Gasteiger partial charge in [-0.1, -0.05) is 15.9 Å². The van der Waals surface area contributed by atoms with Crippen molar-refractivity contribution in [3.63, 3.8) is 0 Å². The van der Waals surface area contributed by atoms with Crippen molar-refractivity contribution in [3.8, 4) is 5.75 Å². The highest BCUT2D eigenvalue weighted by atomic mass is 79.9. The number of hydrogen-bond acceptors (Lipinski definition) is 5. The second-order valence-electron chi connectivity index (χ2n) is 8.26. The summed E-state index contributed by atoms with van der Waals surface area (Å²) in [5.41, 5.74) is 2.43. The van der Waals surface area contributed by atoms with Gasteiger partial charge in [0.1, 0.15) is 17.4 Å². The molecule has 0 N–H and O–H groups in total. The topological polar surface area (TPSA) is 68.2 Å². The maximum Gasteiger partial charge on any atom is 0.309 e. The number of amides is 1. The maximum absolute atomic E-state index is 13.4. The van der Waals surface area contributed by atoms with Gasteiger partial charge in [0.05, 0.1) is 24.9 Å². The number of aliphatic imine (C=N–C) groups is 1. The molecule has 3 rings (SSSR count). The molecule has 0 bridgehead atoms. The lowest BCUT2D eigenvalue weighted by molar-refractivity contribution is -0.156. The molecule has 31 heavy (non-hydrogen) atoms. The molecular weight excluding hydrogens is 460 g/mol. The molecule has 0 saturated carbocycles. The zero-order valence-electron chi connectivity index (χ0n) is 18.4. The van der Waals surface area contributed by atoms with Crippen molar-refractivity contribution in [2.24, 2.45) is 4.99 Å². The molecule has 0 saturated heterocycles. The summed E-state index contributed by atoms with van der Waals surface area (Å²) in [6.45, 7) is 7.78. The Hall–Kier alpha value is -2.67. The Morgan fingerprint density at radius 1 is 1.16 bits per heavy atom. The van der Waals surface area contributed by atoms with Gasteiger partial charge in [0, 0.05) is 22.1 Å². The van der Waals surface area contributed by atoms with Crippen LogP contribution in [0.1, 0.15) is 45.2 Å². The summed E-state index contributed by atoms with van der Waals surface area (Å²) in [7, 11) is 1.61. The minimum absolute atomic E-state index is 0.124. The summed E-state index contributed by atoms with van der Waals surface area (Å²) in [5.74, 6) is 0.0521. The molecule has 7 heteroatoms. The maximum atomic E-state index is 13.4. The third-order valence-corrected chi connectivity index (χ3v) is 5.29. The second-order valence-corrected chi connectivity index (χ2v) is 9.17. The highest BCUT2D eigenvalue weighted by Gasteiger charge is 2.34.